The first-order valence-electron chi connectivity index (χ1n) is 16.4. The highest BCUT2D eigenvalue weighted by atomic mass is 14.9. The third-order valence-corrected chi connectivity index (χ3v) is 11.4. The van der Waals surface area contributed by atoms with E-state index < -0.39 is 0 Å². The molecular formula is C42H38N2. The minimum absolute atomic E-state index is 0.0211. The van der Waals surface area contributed by atoms with Gasteiger partial charge in [0.25, 0.3) is 0 Å². The summed E-state index contributed by atoms with van der Waals surface area (Å²) in [6, 6.07) is 29.4. The minimum atomic E-state index is -0.0211. The third-order valence-electron chi connectivity index (χ3n) is 11.4. The van der Waals surface area contributed by atoms with Crippen molar-refractivity contribution in [3.63, 3.8) is 0 Å². The summed E-state index contributed by atoms with van der Waals surface area (Å²) in [6.45, 7) is 9.51. The van der Waals surface area contributed by atoms with E-state index in [1.54, 1.807) is 11.1 Å². The van der Waals surface area contributed by atoms with Crippen LogP contribution in [-0.2, 0) is 17.3 Å². The molecule has 0 saturated heterocycles. The maximum absolute atomic E-state index is 5.47. The molecule has 9 rings (SSSR count). The van der Waals surface area contributed by atoms with Gasteiger partial charge in [0, 0.05) is 22.1 Å². The van der Waals surface area contributed by atoms with Crippen molar-refractivity contribution < 1.29 is 0 Å². The van der Waals surface area contributed by atoms with Crippen LogP contribution in [0.2, 0.25) is 0 Å². The summed E-state index contributed by atoms with van der Waals surface area (Å²) in [7, 11) is 0. The molecule has 0 spiro atoms. The number of benzene rings is 3. The molecule has 1 aliphatic heterocycles. The predicted molar refractivity (Wildman–Crippen MR) is 183 cm³/mol. The zero-order valence-corrected chi connectivity index (χ0v) is 26.2. The third kappa shape index (κ3) is 3.60. The van der Waals surface area contributed by atoms with Crippen LogP contribution in [0.4, 0.5) is 0 Å². The maximum Gasteiger partial charge on any atom is 0.0925 e. The molecule has 2 heteroatoms. The van der Waals surface area contributed by atoms with Crippen LogP contribution in [0.5, 0.6) is 0 Å². The fourth-order valence-corrected chi connectivity index (χ4v) is 8.82. The second-order valence-corrected chi connectivity index (χ2v) is 14.4. The van der Waals surface area contributed by atoms with Gasteiger partial charge >= 0.3 is 0 Å². The molecule has 5 aliphatic rings. The molecule has 2 nitrogen and oxygen atoms in total. The van der Waals surface area contributed by atoms with E-state index in [1.165, 1.54) is 61.4 Å². The maximum atomic E-state index is 5.47. The van der Waals surface area contributed by atoms with Crippen LogP contribution >= 0.6 is 0 Å². The summed E-state index contributed by atoms with van der Waals surface area (Å²) >= 11 is 0. The van der Waals surface area contributed by atoms with Gasteiger partial charge in [-0.2, -0.15) is 0 Å². The highest BCUT2D eigenvalue weighted by Crippen LogP contribution is 2.53. The van der Waals surface area contributed by atoms with Gasteiger partial charge in [-0.25, -0.2) is 4.98 Å². The Morgan fingerprint density at radius 1 is 0.659 bits per heavy atom. The summed E-state index contributed by atoms with van der Waals surface area (Å²) in [5.74, 6) is 0. The van der Waals surface area contributed by atoms with Gasteiger partial charge in [0.1, 0.15) is 0 Å². The largest absolute Gasteiger partial charge is 0.251 e. The Morgan fingerprint density at radius 3 is 2.23 bits per heavy atom. The van der Waals surface area contributed by atoms with Crippen LogP contribution in [0.1, 0.15) is 93.3 Å². The number of aromatic nitrogens is 1. The molecular weight excluding hydrogens is 532 g/mol. The van der Waals surface area contributed by atoms with Gasteiger partial charge in [-0.3, -0.25) is 4.99 Å². The number of pyridine rings is 1. The first kappa shape index (κ1) is 26.1. The number of nitrogens with zero attached hydrogens (tertiary/aromatic N) is 2. The van der Waals surface area contributed by atoms with Gasteiger partial charge in [0.2, 0.25) is 0 Å². The summed E-state index contributed by atoms with van der Waals surface area (Å²) in [5, 5.41) is 0. The molecule has 0 saturated carbocycles. The van der Waals surface area contributed by atoms with E-state index in [2.05, 4.69) is 113 Å². The average molecular weight is 571 g/mol. The second-order valence-electron chi connectivity index (χ2n) is 14.4. The summed E-state index contributed by atoms with van der Waals surface area (Å²) < 4.78 is 0. The molecule has 4 aliphatic carbocycles. The molecule has 0 fully saturated rings. The molecule has 44 heavy (non-hydrogen) atoms. The molecule has 4 aromatic rings. The van der Waals surface area contributed by atoms with Crippen molar-refractivity contribution in [3.05, 3.63) is 135 Å². The van der Waals surface area contributed by atoms with E-state index in [4.69, 9.17) is 9.98 Å². The molecule has 216 valence electrons. The minimum Gasteiger partial charge on any atom is -0.251 e. The van der Waals surface area contributed by atoms with E-state index in [-0.39, 0.29) is 10.8 Å². The van der Waals surface area contributed by atoms with Gasteiger partial charge in [-0.15, -0.1) is 0 Å². The molecule has 0 N–H and O–H groups in total. The lowest BCUT2D eigenvalue weighted by molar-refractivity contribution is 0.620. The van der Waals surface area contributed by atoms with E-state index in [0.717, 1.165) is 55.6 Å². The van der Waals surface area contributed by atoms with E-state index >= 15 is 0 Å². The number of rotatable bonds is 2. The van der Waals surface area contributed by atoms with Crippen LogP contribution < -0.4 is 0 Å². The molecule has 0 amide bonds. The van der Waals surface area contributed by atoms with Crippen LogP contribution in [0.15, 0.2) is 107 Å². The second kappa shape index (κ2) is 9.11. The Hall–Kier alpha value is -4.30. The van der Waals surface area contributed by atoms with Gasteiger partial charge < -0.3 is 0 Å². The van der Waals surface area contributed by atoms with Crippen LogP contribution in [0.3, 0.4) is 0 Å². The number of hydrogen-bond donors (Lipinski definition) is 0. The summed E-state index contributed by atoms with van der Waals surface area (Å²) in [4.78, 5) is 10.8. The summed E-state index contributed by atoms with van der Waals surface area (Å²) in [5.41, 5.74) is 21.7. The van der Waals surface area contributed by atoms with E-state index in [1.807, 2.05) is 0 Å². The van der Waals surface area contributed by atoms with Crippen LogP contribution in [0, 0.1) is 0 Å². The standard InChI is InChI=1S/C42H38N2/c1-41(2)33-11-7-5-9-29(33)31-19-15-27(23-35(31)41)37-21-17-25-13-14-26-18-22-38(44-40(26)39(25)43-37)28-16-20-32-30-10-6-8-12-34(30)42(3,4)36(32)24-28/h5-12,15-17,19,21,23H,13-14,18,20,22,24H2,1-4H3. The lowest BCUT2D eigenvalue weighted by Crippen LogP contribution is -2.21. The normalized spacial score (nSPS) is 20.2. The lowest BCUT2D eigenvalue weighted by Gasteiger charge is -2.30. The number of allylic oxidation sites excluding steroid dienone is 5. The van der Waals surface area contributed by atoms with E-state index in [0.29, 0.717) is 0 Å². The molecule has 1 aromatic heterocycles. The van der Waals surface area contributed by atoms with Crippen molar-refractivity contribution in [2.24, 2.45) is 4.99 Å². The van der Waals surface area contributed by atoms with Crippen molar-refractivity contribution in [1.82, 2.24) is 4.98 Å². The van der Waals surface area contributed by atoms with Gasteiger partial charge in [0.05, 0.1) is 17.1 Å². The number of aliphatic imine (C=N–C) groups is 1. The topological polar surface area (TPSA) is 25.2 Å². The predicted octanol–water partition coefficient (Wildman–Crippen LogP) is 10.4. The van der Waals surface area contributed by atoms with Crippen LogP contribution in [0.25, 0.3) is 33.7 Å². The SMILES string of the molecule is CC1(C)C2=C(CC=C(C3=NC4=C(CC3)CCc3ccc(-c5ccc6c(c5)C(C)(C)c5ccccc5-6)nc34)C2)c2ccccc21. The van der Waals surface area contributed by atoms with Crippen molar-refractivity contribution in [2.75, 3.05) is 0 Å². The number of aryl methyl sites for hydroxylation is 1. The Bertz CT molecular complexity index is 2060. The molecule has 0 unspecified atom stereocenters. The number of hydrogen-bond acceptors (Lipinski definition) is 2. The zero-order chi connectivity index (χ0) is 29.8. The Morgan fingerprint density at radius 2 is 1.39 bits per heavy atom. The monoisotopic (exact) mass is 570 g/mol. The fraction of sp³-hybridized carbons (Fsp3) is 0.286. The molecule has 2 heterocycles. The van der Waals surface area contributed by atoms with Gasteiger partial charge in [-0.05, 0) is 106 Å². The van der Waals surface area contributed by atoms with E-state index in [9.17, 15) is 0 Å². The molecule has 0 bridgehead atoms. The smallest absolute Gasteiger partial charge is 0.0925 e. The van der Waals surface area contributed by atoms with Crippen molar-refractivity contribution >= 4 is 17.0 Å². The molecule has 0 radical (unpaired) electrons. The first-order chi connectivity index (χ1) is 21.3. The van der Waals surface area contributed by atoms with Gasteiger partial charge in [0.15, 0.2) is 0 Å². The Balaban J connectivity index is 1.06. The molecule has 3 aromatic carbocycles. The number of fused-ring (bicyclic) bond motifs is 7. The molecule has 0 atom stereocenters. The van der Waals surface area contributed by atoms with Gasteiger partial charge in [-0.1, -0.05) is 106 Å². The van der Waals surface area contributed by atoms with Crippen molar-refractivity contribution in [3.8, 4) is 22.4 Å². The summed E-state index contributed by atoms with van der Waals surface area (Å²) in [6.07, 6.45) is 8.78. The fourth-order valence-electron chi connectivity index (χ4n) is 8.82. The highest BCUT2D eigenvalue weighted by molar-refractivity contribution is 6.06. The van der Waals surface area contributed by atoms with Crippen LogP contribution in [-0.4, -0.2) is 10.7 Å². The quantitative estimate of drug-likeness (QED) is 0.235. The average Bonchev–Trinajstić information content (AvgIpc) is 3.43. The van der Waals surface area contributed by atoms with Crippen molar-refractivity contribution in [2.45, 2.75) is 77.0 Å². The zero-order valence-electron chi connectivity index (χ0n) is 26.2. The highest BCUT2D eigenvalue weighted by Gasteiger charge is 2.39. The lowest BCUT2D eigenvalue weighted by atomic mass is 9.76. The Kier molecular flexibility index (Phi) is 5.41. The Labute approximate surface area is 261 Å². The van der Waals surface area contributed by atoms with Crippen molar-refractivity contribution in [1.29, 1.82) is 0 Å². The first-order valence-corrected chi connectivity index (χ1v) is 16.4.